The van der Waals surface area contributed by atoms with Crippen LogP contribution in [0.2, 0.25) is 0 Å². The van der Waals surface area contributed by atoms with E-state index in [-0.39, 0.29) is 11.9 Å². The summed E-state index contributed by atoms with van der Waals surface area (Å²) in [5.41, 5.74) is 8.27. The van der Waals surface area contributed by atoms with Gasteiger partial charge in [0.25, 0.3) is 0 Å². The zero-order valence-electron chi connectivity index (χ0n) is 13.5. The first-order valence-corrected chi connectivity index (χ1v) is 8.04. The molecule has 1 unspecified atom stereocenters. The van der Waals surface area contributed by atoms with Crippen molar-refractivity contribution < 1.29 is 4.39 Å². The van der Waals surface area contributed by atoms with Gasteiger partial charge in [-0.05, 0) is 50.5 Å². The van der Waals surface area contributed by atoms with Gasteiger partial charge in [-0.3, -0.25) is 4.90 Å². The summed E-state index contributed by atoms with van der Waals surface area (Å²) in [6.45, 7) is 10.7. The predicted molar refractivity (Wildman–Crippen MR) is 87.3 cm³/mol. The van der Waals surface area contributed by atoms with E-state index in [2.05, 4.69) is 30.6 Å². The van der Waals surface area contributed by atoms with Gasteiger partial charge in [0.2, 0.25) is 0 Å². The fourth-order valence-corrected chi connectivity index (χ4v) is 2.93. The van der Waals surface area contributed by atoms with Crippen LogP contribution in [0.5, 0.6) is 0 Å². The third-order valence-corrected chi connectivity index (χ3v) is 4.43. The van der Waals surface area contributed by atoms with E-state index in [1.807, 2.05) is 6.07 Å². The van der Waals surface area contributed by atoms with Gasteiger partial charge in [-0.2, -0.15) is 0 Å². The molecule has 2 rings (SSSR count). The lowest BCUT2D eigenvalue weighted by molar-refractivity contribution is 0.209. The zero-order chi connectivity index (χ0) is 15.4. The van der Waals surface area contributed by atoms with Gasteiger partial charge in [0, 0.05) is 44.0 Å². The first-order chi connectivity index (χ1) is 10.0. The van der Waals surface area contributed by atoms with Crippen LogP contribution in [0.15, 0.2) is 18.2 Å². The standard InChI is InChI=1S/C17H28FN3/c1-4-16(19)12-14-11-15(18)5-6-17(14)21-9-7-20(8-10-21)13(2)3/h5-6,11,13,16H,4,7-10,12,19H2,1-3H3. The number of anilines is 1. The van der Waals surface area contributed by atoms with Crippen molar-refractivity contribution in [1.29, 1.82) is 0 Å². The quantitative estimate of drug-likeness (QED) is 0.906. The molecule has 0 amide bonds. The first-order valence-electron chi connectivity index (χ1n) is 8.04. The molecule has 0 bridgehead atoms. The molecule has 0 saturated carbocycles. The van der Waals surface area contributed by atoms with Crippen LogP contribution in [-0.2, 0) is 6.42 Å². The maximum absolute atomic E-state index is 13.6. The van der Waals surface area contributed by atoms with Crippen LogP contribution >= 0.6 is 0 Å². The number of rotatable bonds is 5. The summed E-state index contributed by atoms with van der Waals surface area (Å²) >= 11 is 0. The van der Waals surface area contributed by atoms with Gasteiger partial charge < -0.3 is 10.6 Å². The Morgan fingerprint density at radius 3 is 2.43 bits per heavy atom. The molecule has 4 heteroatoms. The maximum atomic E-state index is 13.6. The Balaban J connectivity index is 2.12. The molecule has 0 radical (unpaired) electrons. The molecule has 1 aliphatic heterocycles. The van der Waals surface area contributed by atoms with Crippen molar-refractivity contribution in [2.75, 3.05) is 31.1 Å². The second-order valence-corrected chi connectivity index (χ2v) is 6.26. The van der Waals surface area contributed by atoms with Crippen molar-refractivity contribution in [2.45, 2.75) is 45.7 Å². The summed E-state index contributed by atoms with van der Waals surface area (Å²) in [6, 6.07) is 5.82. The maximum Gasteiger partial charge on any atom is 0.123 e. The molecule has 118 valence electrons. The van der Waals surface area contributed by atoms with Crippen LogP contribution in [0, 0.1) is 5.82 Å². The van der Waals surface area contributed by atoms with Crippen LogP contribution < -0.4 is 10.6 Å². The van der Waals surface area contributed by atoms with Crippen LogP contribution in [0.4, 0.5) is 10.1 Å². The topological polar surface area (TPSA) is 32.5 Å². The Bertz CT molecular complexity index is 453. The van der Waals surface area contributed by atoms with Gasteiger partial charge in [-0.25, -0.2) is 4.39 Å². The van der Waals surface area contributed by atoms with E-state index in [9.17, 15) is 4.39 Å². The van der Waals surface area contributed by atoms with Crippen molar-refractivity contribution >= 4 is 5.69 Å². The van der Waals surface area contributed by atoms with E-state index in [1.54, 1.807) is 12.1 Å². The molecule has 21 heavy (non-hydrogen) atoms. The molecular formula is C17H28FN3. The molecule has 1 heterocycles. The average Bonchev–Trinajstić information content (AvgIpc) is 2.47. The lowest BCUT2D eigenvalue weighted by Crippen LogP contribution is -2.49. The predicted octanol–water partition coefficient (Wildman–Crippen LogP) is 2.64. The van der Waals surface area contributed by atoms with Gasteiger partial charge in [-0.1, -0.05) is 6.92 Å². The minimum absolute atomic E-state index is 0.0995. The highest BCUT2D eigenvalue weighted by Gasteiger charge is 2.21. The van der Waals surface area contributed by atoms with Crippen LogP contribution in [0.3, 0.4) is 0 Å². The number of halogens is 1. The fourth-order valence-electron chi connectivity index (χ4n) is 2.93. The Morgan fingerprint density at radius 2 is 1.86 bits per heavy atom. The number of nitrogens with two attached hydrogens (primary N) is 1. The number of piperazine rings is 1. The van der Waals surface area contributed by atoms with E-state index in [0.717, 1.165) is 50.3 Å². The fraction of sp³-hybridized carbons (Fsp3) is 0.647. The number of hydrogen-bond acceptors (Lipinski definition) is 3. The Hall–Kier alpha value is -1.13. The molecule has 0 aliphatic carbocycles. The monoisotopic (exact) mass is 293 g/mol. The van der Waals surface area contributed by atoms with Crippen molar-refractivity contribution in [3.63, 3.8) is 0 Å². The van der Waals surface area contributed by atoms with Gasteiger partial charge in [0.15, 0.2) is 0 Å². The summed E-state index contributed by atoms with van der Waals surface area (Å²) < 4.78 is 13.6. The lowest BCUT2D eigenvalue weighted by Gasteiger charge is -2.39. The largest absolute Gasteiger partial charge is 0.369 e. The van der Waals surface area contributed by atoms with E-state index < -0.39 is 0 Å². The minimum Gasteiger partial charge on any atom is -0.369 e. The number of nitrogens with zero attached hydrogens (tertiary/aromatic N) is 2. The molecule has 1 atom stereocenters. The summed E-state index contributed by atoms with van der Waals surface area (Å²) in [5, 5.41) is 0. The van der Waals surface area contributed by atoms with Crippen LogP contribution in [0.25, 0.3) is 0 Å². The highest BCUT2D eigenvalue weighted by molar-refractivity contribution is 5.54. The third kappa shape index (κ3) is 4.17. The second-order valence-electron chi connectivity index (χ2n) is 6.26. The van der Waals surface area contributed by atoms with Crippen LogP contribution in [-0.4, -0.2) is 43.2 Å². The van der Waals surface area contributed by atoms with E-state index in [0.29, 0.717) is 6.04 Å². The third-order valence-electron chi connectivity index (χ3n) is 4.43. The van der Waals surface area contributed by atoms with Crippen molar-refractivity contribution in [1.82, 2.24) is 4.90 Å². The molecular weight excluding hydrogens is 265 g/mol. The van der Waals surface area contributed by atoms with Gasteiger partial charge in [-0.15, -0.1) is 0 Å². The molecule has 0 aromatic heterocycles. The normalized spacial score (nSPS) is 18.3. The highest BCUT2D eigenvalue weighted by Crippen LogP contribution is 2.25. The Kier molecular flexibility index (Phi) is 5.59. The zero-order valence-corrected chi connectivity index (χ0v) is 13.5. The Morgan fingerprint density at radius 1 is 1.19 bits per heavy atom. The smallest absolute Gasteiger partial charge is 0.123 e. The summed E-state index contributed by atoms with van der Waals surface area (Å²) in [4.78, 5) is 4.85. The van der Waals surface area contributed by atoms with E-state index in [1.165, 1.54) is 0 Å². The molecule has 1 aromatic rings. The molecule has 1 saturated heterocycles. The van der Waals surface area contributed by atoms with E-state index in [4.69, 9.17) is 5.73 Å². The molecule has 1 fully saturated rings. The van der Waals surface area contributed by atoms with Gasteiger partial charge >= 0.3 is 0 Å². The molecule has 1 aliphatic rings. The summed E-state index contributed by atoms with van der Waals surface area (Å²) in [5.74, 6) is -0.169. The van der Waals surface area contributed by atoms with Crippen molar-refractivity contribution in [2.24, 2.45) is 5.73 Å². The van der Waals surface area contributed by atoms with E-state index >= 15 is 0 Å². The average molecular weight is 293 g/mol. The summed E-state index contributed by atoms with van der Waals surface area (Å²) in [6.07, 6.45) is 1.66. The molecule has 3 nitrogen and oxygen atoms in total. The van der Waals surface area contributed by atoms with Crippen molar-refractivity contribution in [3.8, 4) is 0 Å². The Labute approximate surface area is 127 Å². The first kappa shape index (κ1) is 16.2. The summed E-state index contributed by atoms with van der Waals surface area (Å²) in [7, 11) is 0. The molecule has 0 spiro atoms. The number of hydrogen-bond donors (Lipinski definition) is 1. The van der Waals surface area contributed by atoms with Crippen molar-refractivity contribution in [3.05, 3.63) is 29.6 Å². The SMILES string of the molecule is CCC(N)Cc1cc(F)ccc1N1CCN(C(C)C)CC1. The minimum atomic E-state index is -0.169. The molecule has 2 N–H and O–H groups in total. The lowest BCUT2D eigenvalue weighted by atomic mass is 10.0. The van der Waals surface area contributed by atoms with Gasteiger partial charge in [0.05, 0.1) is 0 Å². The van der Waals surface area contributed by atoms with Crippen LogP contribution in [0.1, 0.15) is 32.8 Å². The number of benzene rings is 1. The highest BCUT2D eigenvalue weighted by atomic mass is 19.1. The van der Waals surface area contributed by atoms with Gasteiger partial charge in [0.1, 0.15) is 5.82 Å². The molecule has 1 aromatic carbocycles. The second kappa shape index (κ2) is 7.23.